The number of carbonyl (C=O) groups excluding carboxylic acids is 4. The normalized spacial score (nSPS) is 16.3. The second-order valence-corrected chi connectivity index (χ2v) is 14.6. The monoisotopic (exact) mass is 861 g/mol. The average molecular weight is 862 g/mol. The van der Waals surface area contributed by atoms with Crippen LogP contribution in [-0.2, 0) is 28.8 Å². The molecule has 4 atom stereocenters. The van der Waals surface area contributed by atoms with Crippen molar-refractivity contribution in [3.05, 3.63) is 39.8 Å². The predicted octanol–water partition coefficient (Wildman–Crippen LogP) is 1.25. The molecule has 10 N–H and O–H groups in total. The van der Waals surface area contributed by atoms with Crippen LogP contribution < -0.4 is 21.3 Å². The van der Waals surface area contributed by atoms with E-state index in [1.54, 1.807) is 0 Å². The number of carboxylic acids is 6. The molecule has 2 fully saturated rings. The van der Waals surface area contributed by atoms with Crippen molar-refractivity contribution in [1.29, 1.82) is 0 Å². The number of azide groups is 1. The van der Waals surface area contributed by atoms with E-state index in [9.17, 15) is 68.4 Å². The highest BCUT2D eigenvalue weighted by Gasteiger charge is 2.33. The molecule has 6 amide bonds. The van der Waals surface area contributed by atoms with E-state index in [0.717, 1.165) is 0 Å². The minimum absolute atomic E-state index is 0.0232. The van der Waals surface area contributed by atoms with Crippen LogP contribution in [0.4, 0.5) is 15.3 Å². The molecule has 1 aromatic rings. The van der Waals surface area contributed by atoms with Gasteiger partial charge in [0, 0.05) is 60.7 Å². The summed E-state index contributed by atoms with van der Waals surface area (Å²) >= 11 is 0. The summed E-state index contributed by atoms with van der Waals surface area (Å²) in [7, 11) is 0. The lowest BCUT2D eigenvalue weighted by molar-refractivity contribution is -0.142. The first-order chi connectivity index (χ1) is 28.8. The Morgan fingerprint density at radius 3 is 1.20 bits per heavy atom. The number of hydrogen-bond donors (Lipinski definition) is 10. The molecule has 0 bridgehead atoms. The third-order valence-corrected chi connectivity index (χ3v) is 10.2. The largest absolute Gasteiger partial charge is 0.481 e. The number of urea groups is 2. The number of aliphatic carboxylic acids is 6. The van der Waals surface area contributed by atoms with E-state index in [1.807, 2.05) is 0 Å². The number of benzene rings is 1. The summed E-state index contributed by atoms with van der Waals surface area (Å²) in [4.78, 5) is 126. The standard InChI is InChI=1S/C36H47N9O16/c37-43-42-22-16-20(29(50)44-9-5-18(6-10-44)13-25(33(56)57)40-35(60)38-23(31(52)53)1-3-27(46)47)15-21(17-22)30(51)45-11-7-19(8-12-45)14-26(34(58)59)41-36(61)39-24(32(54)55)2-4-28(48)49/h15-19,23-26H,1-14H2,(H,46,47)(H,48,49)(H,52,53)(H,54,55)(H,56,57)(H,58,59)(H2,38,40,60)(H2,39,41,61)/t23-,24?,25?,26-/m0/s1. The molecule has 3 rings (SSSR count). The number of nitrogens with one attached hydrogen (secondary N) is 4. The summed E-state index contributed by atoms with van der Waals surface area (Å²) in [5, 5.41) is 67.8. The van der Waals surface area contributed by atoms with Crippen LogP contribution in [0.2, 0.25) is 0 Å². The lowest BCUT2D eigenvalue weighted by Gasteiger charge is -2.34. The number of amides is 6. The maximum Gasteiger partial charge on any atom is 0.326 e. The van der Waals surface area contributed by atoms with Gasteiger partial charge in [-0.05, 0) is 86.9 Å². The number of carboxylic acid groups (broad SMARTS) is 6. The fraction of sp³-hybridized carbons (Fsp3) is 0.556. The Balaban J connectivity index is 1.59. The van der Waals surface area contributed by atoms with Crippen LogP contribution in [0, 0.1) is 11.8 Å². The first-order valence-corrected chi connectivity index (χ1v) is 19.0. The molecule has 0 saturated carbocycles. The molecule has 2 unspecified atom stereocenters. The van der Waals surface area contributed by atoms with E-state index in [1.165, 1.54) is 28.0 Å². The molecule has 2 aliphatic rings. The van der Waals surface area contributed by atoms with Crippen LogP contribution in [0.3, 0.4) is 0 Å². The van der Waals surface area contributed by atoms with E-state index in [-0.39, 0.29) is 67.7 Å². The maximum atomic E-state index is 13.7. The molecular formula is C36H47N9O16. The van der Waals surface area contributed by atoms with Crippen molar-refractivity contribution in [2.75, 3.05) is 26.2 Å². The molecule has 0 aromatic heterocycles. The lowest BCUT2D eigenvalue weighted by atomic mass is 9.89. The smallest absolute Gasteiger partial charge is 0.326 e. The maximum absolute atomic E-state index is 13.7. The van der Waals surface area contributed by atoms with Crippen molar-refractivity contribution in [3.8, 4) is 0 Å². The second-order valence-electron chi connectivity index (χ2n) is 14.6. The minimum atomic E-state index is -1.57. The minimum Gasteiger partial charge on any atom is -0.481 e. The predicted molar refractivity (Wildman–Crippen MR) is 205 cm³/mol. The third kappa shape index (κ3) is 15.5. The van der Waals surface area contributed by atoms with Crippen LogP contribution in [0.15, 0.2) is 23.3 Å². The van der Waals surface area contributed by atoms with Crippen LogP contribution >= 0.6 is 0 Å². The highest BCUT2D eigenvalue weighted by molar-refractivity contribution is 6.01. The Hall–Kier alpha value is -7.17. The number of carbonyl (C=O) groups is 10. The molecule has 25 heteroatoms. The molecular weight excluding hydrogens is 814 g/mol. The Morgan fingerprint density at radius 2 is 0.902 bits per heavy atom. The number of nitrogens with zero attached hydrogens (tertiary/aromatic N) is 5. The molecule has 1 aromatic carbocycles. The van der Waals surface area contributed by atoms with E-state index in [2.05, 4.69) is 31.3 Å². The van der Waals surface area contributed by atoms with Gasteiger partial charge in [0.2, 0.25) is 0 Å². The molecule has 61 heavy (non-hydrogen) atoms. The van der Waals surface area contributed by atoms with Gasteiger partial charge in [0.05, 0.1) is 0 Å². The van der Waals surface area contributed by atoms with Crippen molar-refractivity contribution in [2.45, 2.75) is 88.4 Å². The summed E-state index contributed by atoms with van der Waals surface area (Å²) < 4.78 is 0. The number of likely N-dealkylation sites (tertiary alicyclic amines) is 2. The molecule has 332 valence electrons. The van der Waals surface area contributed by atoms with E-state index < -0.39 is 110 Å². The van der Waals surface area contributed by atoms with Gasteiger partial charge in [-0.1, -0.05) is 5.11 Å². The lowest BCUT2D eigenvalue weighted by Crippen LogP contribution is -2.52. The van der Waals surface area contributed by atoms with Crippen LogP contribution in [-0.4, -0.2) is 150 Å². The topological polar surface area (TPSA) is 395 Å². The van der Waals surface area contributed by atoms with E-state index in [4.69, 9.17) is 15.7 Å². The highest BCUT2D eigenvalue weighted by Crippen LogP contribution is 2.28. The molecule has 0 aliphatic carbocycles. The molecule has 0 spiro atoms. The van der Waals surface area contributed by atoms with Gasteiger partial charge in [0.15, 0.2) is 0 Å². The Morgan fingerprint density at radius 1 is 0.574 bits per heavy atom. The van der Waals surface area contributed by atoms with Crippen LogP contribution in [0.5, 0.6) is 0 Å². The zero-order valence-corrected chi connectivity index (χ0v) is 32.6. The van der Waals surface area contributed by atoms with Crippen molar-refractivity contribution in [2.24, 2.45) is 17.0 Å². The first kappa shape index (κ1) is 48.2. The average Bonchev–Trinajstić information content (AvgIpc) is 3.20. The third-order valence-electron chi connectivity index (χ3n) is 10.2. The number of piperidine rings is 2. The van der Waals surface area contributed by atoms with Crippen molar-refractivity contribution >= 4 is 65.4 Å². The molecule has 0 radical (unpaired) electrons. The molecule has 2 heterocycles. The molecule has 2 saturated heterocycles. The van der Waals surface area contributed by atoms with Gasteiger partial charge in [0.1, 0.15) is 24.2 Å². The Labute approximate surface area is 346 Å². The van der Waals surface area contributed by atoms with Crippen molar-refractivity contribution < 1.29 is 78.6 Å². The number of hydrogen-bond acceptors (Lipinski definition) is 11. The SMILES string of the molecule is [N-]=[N+]=Nc1cc(C(=O)N2CCC(CC(NC(=O)N[C@@H](CCC(=O)O)C(=O)O)C(=O)O)CC2)cc(C(=O)N2CCC(C[C@H](NC(=O)NC(CCC(=O)O)C(=O)O)C(=O)O)CC2)c1. The second kappa shape index (κ2) is 22.8. The van der Waals surface area contributed by atoms with Gasteiger partial charge in [-0.2, -0.15) is 0 Å². The summed E-state index contributed by atoms with van der Waals surface area (Å²) in [5.41, 5.74) is 9.15. The summed E-state index contributed by atoms with van der Waals surface area (Å²) in [6, 6.07) is -4.27. The van der Waals surface area contributed by atoms with E-state index >= 15 is 0 Å². The zero-order chi connectivity index (χ0) is 45.4. The fourth-order valence-corrected chi connectivity index (χ4v) is 6.95. The Bertz CT molecular complexity index is 1780. The molecule has 25 nitrogen and oxygen atoms in total. The van der Waals surface area contributed by atoms with Gasteiger partial charge >= 0.3 is 47.9 Å². The van der Waals surface area contributed by atoms with Gasteiger partial charge in [0.25, 0.3) is 11.8 Å². The van der Waals surface area contributed by atoms with Gasteiger partial charge < -0.3 is 61.7 Å². The van der Waals surface area contributed by atoms with Gasteiger partial charge in [-0.15, -0.1) is 0 Å². The highest BCUT2D eigenvalue weighted by atomic mass is 16.4. The van der Waals surface area contributed by atoms with Crippen molar-refractivity contribution in [1.82, 2.24) is 31.1 Å². The summed E-state index contributed by atoms with van der Waals surface area (Å²) in [5.74, 6) is -9.96. The van der Waals surface area contributed by atoms with Crippen LogP contribution in [0.25, 0.3) is 10.4 Å². The first-order valence-electron chi connectivity index (χ1n) is 19.0. The number of rotatable bonds is 21. The quantitative estimate of drug-likeness (QED) is 0.0472. The van der Waals surface area contributed by atoms with Gasteiger partial charge in [-0.3, -0.25) is 19.2 Å². The summed E-state index contributed by atoms with van der Waals surface area (Å²) in [6.45, 7) is 0.609. The zero-order valence-electron chi connectivity index (χ0n) is 32.6. The summed E-state index contributed by atoms with van der Waals surface area (Å²) in [6.07, 6.45) is -0.835. The van der Waals surface area contributed by atoms with Gasteiger partial charge in [-0.25, -0.2) is 28.8 Å². The molecule has 2 aliphatic heterocycles. The van der Waals surface area contributed by atoms with Crippen molar-refractivity contribution in [3.63, 3.8) is 0 Å². The fourth-order valence-electron chi connectivity index (χ4n) is 6.95. The van der Waals surface area contributed by atoms with Crippen LogP contribution in [0.1, 0.15) is 84.9 Å². The Kier molecular flexibility index (Phi) is 18.0. The van der Waals surface area contributed by atoms with E-state index in [0.29, 0.717) is 25.7 Å².